The van der Waals surface area contributed by atoms with Gasteiger partial charge in [0.05, 0.1) is 13.2 Å². The molecule has 3 nitrogen and oxygen atoms in total. The second kappa shape index (κ2) is 4.92. The average molecular weight is 296 g/mol. The Bertz CT molecular complexity index is 524. The Morgan fingerprint density at radius 1 is 1.00 bits per heavy atom. The Balaban J connectivity index is 2.34. The number of ketones is 1. The third-order valence-electron chi connectivity index (χ3n) is 2.65. The first kappa shape index (κ1) is 14.5. The van der Waals surface area contributed by atoms with E-state index >= 15 is 0 Å². The molecule has 1 aliphatic heterocycles. The zero-order chi connectivity index (χ0) is 15.0. The maximum Gasteiger partial charge on any atom is 0.461 e. The number of alkyl halides is 5. The predicted molar refractivity (Wildman–Crippen MR) is 57.4 cm³/mol. The Kier molecular flexibility index (Phi) is 3.58. The Labute approximate surface area is 110 Å². The number of carbonyl (C=O) groups excluding carboxylic acids is 1. The Morgan fingerprint density at radius 2 is 1.60 bits per heavy atom. The zero-order valence-electron chi connectivity index (χ0n) is 9.97. The van der Waals surface area contributed by atoms with E-state index in [0.29, 0.717) is 13.0 Å². The fraction of sp³-hybridized carbons (Fsp3) is 0.417. The van der Waals surface area contributed by atoms with Gasteiger partial charge in [-0.1, -0.05) is 0 Å². The molecule has 110 valence electrons. The number of ether oxygens (including phenoxy) is 2. The number of Topliss-reactive ketones (excluding diaryl/α,β-unsaturated/α-hetero) is 1. The van der Waals surface area contributed by atoms with Gasteiger partial charge in [-0.05, 0) is 18.2 Å². The molecule has 0 bridgehead atoms. The lowest BCUT2D eigenvalue weighted by Crippen LogP contribution is -2.44. The van der Waals surface area contributed by atoms with Crippen LogP contribution >= 0.6 is 0 Å². The first-order chi connectivity index (χ1) is 9.23. The molecule has 1 heterocycles. The van der Waals surface area contributed by atoms with Crippen molar-refractivity contribution in [3.05, 3.63) is 23.8 Å². The van der Waals surface area contributed by atoms with E-state index in [0.717, 1.165) is 18.2 Å². The van der Waals surface area contributed by atoms with Crippen molar-refractivity contribution in [2.45, 2.75) is 18.5 Å². The van der Waals surface area contributed by atoms with Gasteiger partial charge in [0.1, 0.15) is 0 Å². The van der Waals surface area contributed by atoms with E-state index in [2.05, 4.69) is 0 Å². The summed E-state index contributed by atoms with van der Waals surface area (Å²) in [5.41, 5.74) is -0.781. The fourth-order valence-corrected chi connectivity index (χ4v) is 1.61. The van der Waals surface area contributed by atoms with Crippen LogP contribution in [-0.4, -0.2) is 31.1 Å². The van der Waals surface area contributed by atoms with Crippen molar-refractivity contribution in [2.24, 2.45) is 0 Å². The van der Waals surface area contributed by atoms with Crippen LogP contribution in [0.25, 0.3) is 0 Å². The zero-order valence-corrected chi connectivity index (χ0v) is 9.97. The van der Waals surface area contributed by atoms with Crippen molar-refractivity contribution in [1.29, 1.82) is 0 Å². The second-order valence-electron chi connectivity index (χ2n) is 4.11. The number of benzene rings is 1. The molecule has 0 radical (unpaired) electrons. The molecule has 0 saturated heterocycles. The SMILES string of the molecule is O=C(c1ccc2c(c1)OCCCO2)C(F)(F)C(F)(F)F. The van der Waals surface area contributed by atoms with Gasteiger partial charge in [0, 0.05) is 12.0 Å². The number of hydrogen-bond donors (Lipinski definition) is 0. The summed E-state index contributed by atoms with van der Waals surface area (Å²) in [6.07, 6.45) is -5.40. The minimum atomic E-state index is -5.94. The summed E-state index contributed by atoms with van der Waals surface area (Å²) in [6.45, 7) is 0.555. The molecule has 2 rings (SSSR count). The van der Waals surface area contributed by atoms with Gasteiger partial charge < -0.3 is 9.47 Å². The minimum Gasteiger partial charge on any atom is -0.490 e. The highest BCUT2D eigenvalue weighted by molar-refractivity contribution is 6.02. The van der Waals surface area contributed by atoms with Gasteiger partial charge in [0.15, 0.2) is 11.5 Å². The smallest absolute Gasteiger partial charge is 0.461 e. The van der Waals surface area contributed by atoms with Crippen molar-refractivity contribution in [1.82, 2.24) is 0 Å². The summed E-state index contributed by atoms with van der Waals surface area (Å²) >= 11 is 0. The number of fused-ring (bicyclic) bond motifs is 1. The molecule has 0 saturated carbocycles. The maximum atomic E-state index is 13.0. The third-order valence-corrected chi connectivity index (χ3v) is 2.65. The molecule has 0 unspecified atom stereocenters. The average Bonchev–Trinajstić information content (AvgIpc) is 2.60. The normalized spacial score (nSPS) is 15.7. The highest BCUT2D eigenvalue weighted by Gasteiger charge is 2.63. The van der Waals surface area contributed by atoms with E-state index in [9.17, 15) is 26.7 Å². The van der Waals surface area contributed by atoms with Crippen LogP contribution in [0.2, 0.25) is 0 Å². The molecule has 0 atom stereocenters. The van der Waals surface area contributed by atoms with Gasteiger partial charge in [-0.3, -0.25) is 4.79 Å². The van der Waals surface area contributed by atoms with E-state index in [4.69, 9.17) is 9.47 Å². The van der Waals surface area contributed by atoms with Gasteiger partial charge in [-0.25, -0.2) is 0 Å². The van der Waals surface area contributed by atoms with Crippen LogP contribution in [0.5, 0.6) is 11.5 Å². The molecule has 0 aromatic heterocycles. The van der Waals surface area contributed by atoms with Gasteiger partial charge in [-0.2, -0.15) is 22.0 Å². The van der Waals surface area contributed by atoms with Gasteiger partial charge in [0.25, 0.3) is 0 Å². The molecule has 0 spiro atoms. The van der Waals surface area contributed by atoms with Crippen LogP contribution in [0, 0.1) is 0 Å². The molecule has 0 amide bonds. The fourth-order valence-electron chi connectivity index (χ4n) is 1.61. The van der Waals surface area contributed by atoms with Crippen molar-refractivity contribution in [3.8, 4) is 11.5 Å². The highest BCUT2D eigenvalue weighted by atomic mass is 19.4. The first-order valence-electron chi connectivity index (χ1n) is 5.62. The van der Waals surface area contributed by atoms with Gasteiger partial charge >= 0.3 is 12.1 Å². The first-order valence-corrected chi connectivity index (χ1v) is 5.62. The molecule has 1 aromatic rings. The van der Waals surface area contributed by atoms with Crippen LogP contribution < -0.4 is 9.47 Å². The summed E-state index contributed by atoms with van der Waals surface area (Å²) in [4.78, 5) is 11.3. The molecule has 0 fully saturated rings. The van der Waals surface area contributed by atoms with Gasteiger partial charge in [-0.15, -0.1) is 0 Å². The molecule has 1 aromatic carbocycles. The number of hydrogen-bond acceptors (Lipinski definition) is 3. The van der Waals surface area contributed by atoms with Crippen LogP contribution in [0.4, 0.5) is 22.0 Å². The number of rotatable bonds is 2. The maximum absolute atomic E-state index is 13.0. The predicted octanol–water partition coefficient (Wildman–Crippen LogP) is 3.23. The summed E-state index contributed by atoms with van der Waals surface area (Å²) in [5, 5.41) is 0. The molecule has 0 N–H and O–H groups in total. The van der Waals surface area contributed by atoms with E-state index in [1.165, 1.54) is 0 Å². The topological polar surface area (TPSA) is 35.5 Å². The number of halogens is 5. The monoisotopic (exact) mass is 296 g/mol. The van der Waals surface area contributed by atoms with Crippen LogP contribution in [0.3, 0.4) is 0 Å². The quantitative estimate of drug-likeness (QED) is 0.621. The van der Waals surface area contributed by atoms with Crippen molar-refractivity contribution >= 4 is 5.78 Å². The molecule has 0 aliphatic carbocycles. The van der Waals surface area contributed by atoms with E-state index in [1.54, 1.807) is 0 Å². The third kappa shape index (κ3) is 2.54. The van der Waals surface area contributed by atoms with E-state index in [1.807, 2.05) is 0 Å². The summed E-state index contributed by atoms with van der Waals surface area (Å²) in [7, 11) is 0. The highest BCUT2D eigenvalue weighted by Crippen LogP contribution is 2.39. The van der Waals surface area contributed by atoms with E-state index < -0.39 is 23.4 Å². The molecule has 8 heteroatoms. The van der Waals surface area contributed by atoms with Crippen molar-refractivity contribution in [3.63, 3.8) is 0 Å². The largest absolute Gasteiger partial charge is 0.490 e. The van der Waals surface area contributed by atoms with Crippen molar-refractivity contribution < 1.29 is 36.2 Å². The molecular weight excluding hydrogens is 287 g/mol. The Hall–Kier alpha value is -1.86. The van der Waals surface area contributed by atoms with Crippen molar-refractivity contribution in [2.75, 3.05) is 13.2 Å². The van der Waals surface area contributed by atoms with Crippen LogP contribution in [0.1, 0.15) is 16.8 Å². The minimum absolute atomic E-state index is 0.0219. The van der Waals surface area contributed by atoms with Crippen LogP contribution in [-0.2, 0) is 0 Å². The van der Waals surface area contributed by atoms with Gasteiger partial charge in [0.2, 0.25) is 5.78 Å². The van der Waals surface area contributed by atoms with Crippen LogP contribution in [0.15, 0.2) is 18.2 Å². The lowest BCUT2D eigenvalue weighted by molar-refractivity contribution is -0.255. The number of carbonyl (C=O) groups is 1. The lowest BCUT2D eigenvalue weighted by atomic mass is 10.0. The Morgan fingerprint density at radius 3 is 2.20 bits per heavy atom. The van der Waals surface area contributed by atoms with E-state index in [-0.39, 0.29) is 18.1 Å². The standard InChI is InChI=1S/C12H9F5O3/c13-11(14,12(15,16)17)10(18)7-2-3-8-9(6-7)20-5-1-4-19-8/h2-3,6H,1,4-5H2. The molecule has 1 aliphatic rings. The summed E-state index contributed by atoms with van der Waals surface area (Å²) in [5.74, 6) is -7.58. The molecular formula is C12H9F5O3. The summed E-state index contributed by atoms with van der Waals surface area (Å²) in [6, 6.07) is 2.83. The molecule has 20 heavy (non-hydrogen) atoms. The summed E-state index contributed by atoms with van der Waals surface area (Å²) < 4.78 is 72.7. The lowest BCUT2D eigenvalue weighted by Gasteiger charge is -2.18. The second-order valence-corrected chi connectivity index (χ2v) is 4.11.